The van der Waals surface area contributed by atoms with Gasteiger partial charge in [-0.3, -0.25) is 9.59 Å². The Hall–Kier alpha value is -15.9. The SMILES string of the molecule is C.[C-]#[N+]C1=C(c2ccc([N+]#[C-])cc2)/C(=C(\[N+]#[C-])c2c(F)c(F)nc(F)c2F)c2cc3c(cc21)/C(=C(/C#N)c1c(F)c(F)nc(F)c1F)C(c1ccc(C#N)cc1)=C3C#N.[C-]#[N+]Cc1c(F)c(F)nc(F)c1F.[C-]#[N+]c1ccc(-c2c([N+]#[C-])c3cc4c(=O)c(-c5ccc(C#N)cc5)c(C#N)c4cc3c2=O)cc1. The molecule has 2 aliphatic carbocycles. The molecule has 3 aromatic heterocycles. The first kappa shape index (κ1) is 72.8. The summed E-state index contributed by atoms with van der Waals surface area (Å²) in [4.78, 5) is 53.8. The molecule has 2 aliphatic rings. The van der Waals surface area contributed by atoms with Crippen molar-refractivity contribution in [2.45, 2.75) is 14.0 Å². The second kappa shape index (κ2) is 29.1. The van der Waals surface area contributed by atoms with Gasteiger partial charge in [-0.2, -0.15) is 67.6 Å². The topological polar surface area (TPSA) is 218 Å². The molecule has 0 saturated heterocycles. The Balaban J connectivity index is 0.000000209. The maximum absolute atomic E-state index is 15.4. The number of nitrogens with zero attached hydrogens (tertiary/aromatic N) is 14. The van der Waals surface area contributed by atoms with E-state index >= 15 is 17.6 Å². The number of pyridine rings is 3. The summed E-state index contributed by atoms with van der Waals surface area (Å²) >= 11 is 0. The number of aromatic nitrogens is 3. The smallest absolute Gasteiger partial charge is 0.252 e. The van der Waals surface area contributed by atoms with Crippen molar-refractivity contribution in [2.75, 3.05) is 0 Å². The summed E-state index contributed by atoms with van der Waals surface area (Å²) in [6.45, 7) is 43.9. The standard InChI is InChI=1S/C42H10F8N8.C28H10N4O2.C7H2F4N2.CH4/c1-54-20-10-8-19(9-11-20)28-30(38(56-3)32-35(45)41(49)58-42(50)36(32)46)23-12-21-22(13-24(23)37(28)55-2)29(26(16-53)31-33(43)39(47)57-40(48)34(31)44)27(25(21)15-52)18-6-4-17(14-51)5-7-18;1-31-18-9-7-17(8-10-18)25-26(32-2)20-12-21-19(11-22(20)28(25)34)23(14-30)24(27(21)33)16-5-3-15(13-29)4-6-16;1-12-2-3-4(8)6(10)13-7(11)5(3)9;/h4-13H;3-12H;2H2;1H4/b29-26+,38-30-;;;. The minimum Gasteiger partial charge on any atom is -0.312 e. The molecule has 0 amide bonds. The zero-order valence-corrected chi connectivity index (χ0v) is 51.9. The van der Waals surface area contributed by atoms with E-state index in [-0.39, 0.29) is 118 Å². The Bertz CT molecular complexity index is 6060. The van der Waals surface area contributed by atoms with E-state index in [2.05, 4.69) is 50.1 Å². The van der Waals surface area contributed by atoms with Gasteiger partial charge in [0.1, 0.15) is 23.8 Å². The van der Waals surface area contributed by atoms with Gasteiger partial charge in [0.25, 0.3) is 35.7 Å². The molecule has 3 heterocycles. The molecule has 0 saturated carbocycles. The van der Waals surface area contributed by atoms with Crippen LogP contribution in [0.3, 0.4) is 0 Å². The summed E-state index contributed by atoms with van der Waals surface area (Å²) in [6, 6.07) is 38.0. The van der Waals surface area contributed by atoms with E-state index in [0.29, 0.717) is 33.2 Å². The van der Waals surface area contributed by atoms with E-state index in [0.717, 1.165) is 12.1 Å². The van der Waals surface area contributed by atoms with Crippen LogP contribution in [0, 0.1) is 167 Å². The van der Waals surface area contributed by atoms with Gasteiger partial charge in [0, 0.05) is 44.0 Å². The first-order chi connectivity index (χ1) is 50.4. The van der Waals surface area contributed by atoms with E-state index in [1.165, 1.54) is 60.7 Å². The highest BCUT2D eigenvalue weighted by atomic mass is 19.2. The van der Waals surface area contributed by atoms with Crippen LogP contribution >= 0.6 is 0 Å². The molecule has 504 valence electrons. The van der Waals surface area contributed by atoms with Crippen molar-refractivity contribution in [1.82, 2.24) is 15.0 Å². The number of hydrogen-bond acceptors (Lipinski definition) is 10. The highest BCUT2D eigenvalue weighted by molar-refractivity contribution is 6.33. The third kappa shape index (κ3) is 12.1. The van der Waals surface area contributed by atoms with Crippen LogP contribution in [0.15, 0.2) is 131 Å². The van der Waals surface area contributed by atoms with E-state index < -0.39 is 116 Å². The quantitative estimate of drug-likeness (QED) is 0.0636. The third-order valence-corrected chi connectivity index (χ3v) is 16.5. The van der Waals surface area contributed by atoms with E-state index in [1.807, 2.05) is 18.2 Å². The molecule has 0 aliphatic heterocycles. The lowest BCUT2D eigenvalue weighted by Gasteiger charge is -2.16. The predicted molar refractivity (Wildman–Crippen MR) is 360 cm³/mol. The van der Waals surface area contributed by atoms with Gasteiger partial charge in [-0.1, -0.05) is 92.4 Å². The van der Waals surface area contributed by atoms with Crippen LogP contribution in [0.25, 0.3) is 118 Å². The lowest BCUT2D eigenvalue weighted by Crippen LogP contribution is -2.07. The van der Waals surface area contributed by atoms with Gasteiger partial charge in [-0.05, 0) is 91.9 Å². The van der Waals surface area contributed by atoms with Gasteiger partial charge < -0.3 is 4.85 Å². The number of halogens is 12. The van der Waals surface area contributed by atoms with Crippen LogP contribution in [0.2, 0.25) is 0 Å². The second-order valence-corrected chi connectivity index (χ2v) is 21.8. The number of nitriles is 5. The lowest BCUT2D eigenvalue weighted by atomic mass is 9.88. The van der Waals surface area contributed by atoms with Crippen molar-refractivity contribution >= 4 is 83.4 Å². The molecule has 106 heavy (non-hydrogen) atoms. The van der Waals surface area contributed by atoms with Crippen LogP contribution < -0.4 is 10.9 Å². The van der Waals surface area contributed by atoms with Gasteiger partial charge in [-0.15, -0.1) is 0 Å². The van der Waals surface area contributed by atoms with Crippen molar-refractivity contribution in [3.63, 3.8) is 0 Å². The largest absolute Gasteiger partial charge is 0.312 e. The third-order valence-electron chi connectivity index (χ3n) is 16.5. The number of hydrogen-bond donors (Lipinski definition) is 0. The van der Waals surface area contributed by atoms with E-state index in [9.17, 15) is 65.8 Å². The number of benzene rings is 6. The highest BCUT2D eigenvalue weighted by Gasteiger charge is 2.40. The summed E-state index contributed by atoms with van der Waals surface area (Å²) in [5, 5.41) is 50.7. The van der Waals surface area contributed by atoms with Gasteiger partial charge in [0.2, 0.25) is 23.6 Å². The van der Waals surface area contributed by atoms with E-state index in [4.69, 9.17) is 44.7 Å². The Morgan fingerprint density at radius 1 is 0.415 bits per heavy atom. The van der Waals surface area contributed by atoms with Crippen molar-refractivity contribution in [3.8, 4) is 52.6 Å². The molecule has 0 unspecified atom stereocenters. The summed E-state index contributed by atoms with van der Waals surface area (Å²) in [7, 11) is 0. The molecule has 0 radical (unpaired) electrons. The Kier molecular flexibility index (Phi) is 20.0. The summed E-state index contributed by atoms with van der Waals surface area (Å²) in [5.41, 5.74) is -7.02. The molecule has 13 rings (SSSR count). The molecular weight excluding hydrogens is 1390 g/mol. The average Bonchev–Trinajstić information content (AvgIpc) is 1.56. The second-order valence-electron chi connectivity index (χ2n) is 21.8. The molecule has 0 atom stereocenters. The zero-order chi connectivity index (χ0) is 75.7. The van der Waals surface area contributed by atoms with Crippen LogP contribution in [0.4, 0.5) is 69.7 Å². The minimum atomic E-state index is -2.11. The summed E-state index contributed by atoms with van der Waals surface area (Å²) in [6.07, 6.45) is 0. The van der Waals surface area contributed by atoms with Crippen LogP contribution in [0.5, 0.6) is 0 Å². The number of fused-ring (bicyclic) bond motifs is 4. The minimum absolute atomic E-state index is 0. The molecule has 0 N–H and O–H groups in total. The first-order valence-electron chi connectivity index (χ1n) is 29.1. The molecule has 28 heteroatoms. The highest BCUT2D eigenvalue weighted by Crippen LogP contribution is 2.57. The molecule has 0 spiro atoms. The zero-order valence-electron chi connectivity index (χ0n) is 51.9. The molecule has 16 nitrogen and oxygen atoms in total. The van der Waals surface area contributed by atoms with Crippen molar-refractivity contribution in [2.24, 2.45) is 0 Å². The Morgan fingerprint density at radius 3 is 1.29 bits per heavy atom. The lowest BCUT2D eigenvalue weighted by molar-refractivity contribution is 0.397. The van der Waals surface area contributed by atoms with Crippen molar-refractivity contribution in [3.05, 3.63) is 348 Å². The predicted octanol–water partition coefficient (Wildman–Crippen LogP) is 18.9. The Morgan fingerprint density at radius 2 is 0.840 bits per heavy atom. The molecule has 11 aromatic rings. The van der Waals surface area contributed by atoms with Gasteiger partial charge in [0.15, 0.2) is 57.1 Å². The molecule has 8 aromatic carbocycles. The fourth-order valence-corrected chi connectivity index (χ4v) is 11.9. The van der Waals surface area contributed by atoms with Crippen molar-refractivity contribution < 1.29 is 52.7 Å². The maximum Gasteiger partial charge on any atom is 0.252 e. The number of rotatable bonds is 7. The van der Waals surface area contributed by atoms with Crippen molar-refractivity contribution in [1.29, 1.82) is 26.3 Å². The molecule has 0 fully saturated rings. The molecular formula is C78H26F12N14O2. The van der Waals surface area contributed by atoms with Crippen LogP contribution in [0.1, 0.15) is 74.2 Å². The van der Waals surface area contributed by atoms with Crippen LogP contribution in [-0.4, -0.2) is 15.0 Å². The Labute approximate surface area is 589 Å². The summed E-state index contributed by atoms with van der Waals surface area (Å²) in [5.74, 6) is -23.4. The van der Waals surface area contributed by atoms with Crippen LogP contribution in [-0.2, 0) is 6.54 Å². The first-order valence-corrected chi connectivity index (χ1v) is 29.1. The number of allylic oxidation sites excluding steroid dienone is 6. The fourth-order valence-electron chi connectivity index (χ4n) is 11.9. The van der Waals surface area contributed by atoms with Gasteiger partial charge in [-0.25, -0.2) is 57.1 Å². The van der Waals surface area contributed by atoms with E-state index in [1.54, 1.807) is 54.6 Å². The summed E-state index contributed by atoms with van der Waals surface area (Å²) < 4.78 is 170. The molecule has 0 bridgehead atoms. The maximum atomic E-state index is 15.4. The average molecular weight is 1420 g/mol. The normalized spacial score (nSPS) is 12.4. The fraction of sp³-hybridized carbons (Fsp3) is 0.0256. The monoisotopic (exact) mass is 1420 g/mol. The van der Waals surface area contributed by atoms with Gasteiger partial charge >= 0.3 is 0 Å². The van der Waals surface area contributed by atoms with Gasteiger partial charge in [0.05, 0.1) is 84.0 Å².